The highest BCUT2D eigenvalue weighted by Crippen LogP contribution is 2.54. The van der Waals surface area contributed by atoms with Gasteiger partial charge in [0, 0.05) is 18.8 Å². The molecule has 0 aliphatic carbocycles. The maximum absolute atomic E-state index is 12.7. The second-order valence-electron chi connectivity index (χ2n) is 5.26. The van der Waals surface area contributed by atoms with E-state index in [9.17, 15) is 9.36 Å². The van der Waals surface area contributed by atoms with Crippen LogP contribution in [-0.2, 0) is 20.6 Å². The molecule has 0 saturated carbocycles. The number of hydrogen-bond donors (Lipinski definition) is 0. The predicted molar refractivity (Wildman–Crippen MR) is 76.8 cm³/mol. The van der Waals surface area contributed by atoms with Crippen LogP contribution in [0.5, 0.6) is 5.75 Å². The topological polar surface area (TPSA) is 55.8 Å². The minimum Gasteiger partial charge on any atom is -0.462 e. The molecule has 0 spiro atoms. The first kappa shape index (κ1) is 15.1. The Morgan fingerprint density at radius 2 is 2.00 bits per heavy atom. The van der Waals surface area contributed by atoms with Crippen LogP contribution in [0.15, 0.2) is 24.3 Å². The number of nitrogens with zero attached hydrogens (tertiary/aromatic N) is 1. The van der Waals surface area contributed by atoms with Gasteiger partial charge in [0.1, 0.15) is 11.8 Å². The zero-order valence-corrected chi connectivity index (χ0v) is 13.1. The molecule has 1 aromatic rings. The van der Waals surface area contributed by atoms with Crippen molar-refractivity contribution in [1.29, 1.82) is 0 Å². The Morgan fingerprint density at radius 3 is 2.65 bits per heavy atom. The maximum atomic E-state index is 12.7. The number of para-hydroxylation sites is 1. The number of hydrogen-bond acceptors (Lipinski definition) is 4. The lowest BCUT2D eigenvalue weighted by molar-refractivity contribution is -0.151. The van der Waals surface area contributed by atoms with E-state index in [1.165, 1.54) is 6.66 Å². The van der Waals surface area contributed by atoms with Crippen LogP contribution in [0.4, 0.5) is 0 Å². The summed E-state index contributed by atoms with van der Waals surface area (Å²) >= 11 is 0. The summed E-state index contributed by atoms with van der Waals surface area (Å²) in [5.74, 6) is 0.240. The van der Waals surface area contributed by atoms with Crippen LogP contribution < -0.4 is 4.52 Å². The van der Waals surface area contributed by atoms with E-state index in [-0.39, 0.29) is 12.1 Å². The van der Waals surface area contributed by atoms with E-state index >= 15 is 0 Å². The monoisotopic (exact) mass is 297 g/mol. The van der Waals surface area contributed by atoms with Crippen molar-refractivity contribution in [2.24, 2.45) is 0 Å². The van der Waals surface area contributed by atoms with Gasteiger partial charge in [0.05, 0.1) is 6.10 Å². The van der Waals surface area contributed by atoms with E-state index in [1.54, 1.807) is 31.5 Å². The molecule has 1 aliphatic rings. The van der Waals surface area contributed by atoms with Crippen LogP contribution in [0.25, 0.3) is 0 Å². The Kier molecular flexibility index (Phi) is 4.21. The SMILES string of the molecule is CC(C)OC(=O)C(C)N1Cc2ccccc2OP1(C)=O. The van der Waals surface area contributed by atoms with Gasteiger partial charge in [-0.15, -0.1) is 0 Å². The van der Waals surface area contributed by atoms with E-state index in [0.29, 0.717) is 12.3 Å². The summed E-state index contributed by atoms with van der Waals surface area (Å²) in [6.45, 7) is 7.22. The molecule has 0 aromatic heterocycles. The summed E-state index contributed by atoms with van der Waals surface area (Å²) in [5, 5.41) is 0. The van der Waals surface area contributed by atoms with Crippen LogP contribution in [0, 0.1) is 0 Å². The highest BCUT2D eigenvalue weighted by atomic mass is 31.2. The third kappa shape index (κ3) is 3.05. The summed E-state index contributed by atoms with van der Waals surface area (Å²) in [6.07, 6.45) is -0.195. The number of rotatable bonds is 3. The fourth-order valence-corrected chi connectivity index (χ4v) is 3.95. The van der Waals surface area contributed by atoms with Crippen LogP contribution in [0.2, 0.25) is 0 Å². The highest BCUT2D eigenvalue weighted by molar-refractivity contribution is 7.56. The predicted octanol–water partition coefficient (Wildman–Crippen LogP) is 3.04. The van der Waals surface area contributed by atoms with Crippen molar-refractivity contribution < 1.29 is 18.6 Å². The molecule has 0 saturated heterocycles. The van der Waals surface area contributed by atoms with Gasteiger partial charge in [0.25, 0.3) is 0 Å². The molecular weight excluding hydrogens is 277 g/mol. The number of carbonyl (C=O) groups is 1. The van der Waals surface area contributed by atoms with E-state index in [1.807, 2.05) is 18.2 Å². The molecule has 0 amide bonds. The molecule has 1 aliphatic heterocycles. The minimum atomic E-state index is -3.05. The van der Waals surface area contributed by atoms with Crippen molar-refractivity contribution in [3.05, 3.63) is 29.8 Å². The van der Waals surface area contributed by atoms with Gasteiger partial charge in [-0.05, 0) is 26.8 Å². The molecule has 2 rings (SSSR count). The Labute approximate surface area is 119 Å². The van der Waals surface area contributed by atoms with Crippen molar-refractivity contribution in [1.82, 2.24) is 4.67 Å². The number of benzene rings is 1. The standard InChI is InChI=1S/C14H20NO4P/c1-10(2)18-14(16)11(3)15-9-12-7-5-6-8-13(12)19-20(15,4)17/h5-8,10-11H,9H2,1-4H3. The summed E-state index contributed by atoms with van der Waals surface area (Å²) in [7, 11) is -3.05. The normalized spacial score (nSPS) is 23.9. The van der Waals surface area contributed by atoms with Gasteiger partial charge in [-0.3, -0.25) is 9.36 Å². The van der Waals surface area contributed by atoms with E-state index in [0.717, 1.165) is 5.56 Å². The van der Waals surface area contributed by atoms with Gasteiger partial charge < -0.3 is 9.26 Å². The van der Waals surface area contributed by atoms with Gasteiger partial charge in [0.15, 0.2) is 0 Å². The second kappa shape index (κ2) is 5.58. The summed E-state index contributed by atoms with van der Waals surface area (Å²) in [4.78, 5) is 12.0. The van der Waals surface area contributed by atoms with Gasteiger partial charge >= 0.3 is 13.5 Å². The van der Waals surface area contributed by atoms with Crippen molar-refractivity contribution in [2.45, 2.75) is 39.5 Å². The molecule has 1 aromatic carbocycles. The lowest BCUT2D eigenvalue weighted by Gasteiger charge is -2.37. The molecule has 2 atom stereocenters. The van der Waals surface area contributed by atoms with E-state index in [4.69, 9.17) is 9.26 Å². The fourth-order valence-electron chi connectivity index (χ4n) is 2.17. The first-order chi connectivity index (χ1) is 9.31. The molecule has 20 heavy (non-hydrogen) atoms. The quantitative estimate of drug-likeness (QED) is 0.634. The summed E-state index contributed by atoms with van der Waals surface area (Å²) in [6, 6.07) is 6.82. The van der Waals surface area contributed by atoms with Crippen LogP contribution >= 0.6 is 7.52 Å². The molecule has 0 bridgehead atoms. The molecule has 0 fully saturated rings. The average molecular weight is 297 g/mol. The maximum Gasteiger partial charge on any atom is 0.323 e. The molecule has 2 unspecified atom stereocenters. The number of ether oxygens (including phenoxy) is 1. The van der Waals surface area contributed by atoms with E-state index < -0.39 is 13.6 Å². The van der Waals surface area contributed by atoms with Crippen LogP contribution in [-0.4, -0.2) is 29.5 Å². The minimum absolute atomic E-state index is 0.195. The zero-order chi connectivity index (χ0) is 14.9. The lowest BCUT2D eigenvalue weighted by atomic mass is 10.2. The molecule has 110 valence electrons. The van der Waals surface area contributed by atoms with Crippen LogP contribution in [0.3, 0.4) is 0 Å². The zero-order valence-electron chi connectivity index (χ0n) is 12.2. The molecule has 0 N–H and O–H groups in total. The summed E-state index contributed by atoms with van der Waals surface area (Å²) in [5.41, 5.74) is 0.921. The largest absolute Gasteiger partial charge is 0.462 e. The fraction of sp³-hybridized carbons (Fsp3) is 0.500. The van der Waals surface area contributed by atoms with Crippen molar-refractivity contribution in [3.63, 3.8) is 0 Å². The first-order valence-corrected chi connectivity index (χ1v) is 8.66. The van der Waals surface area contributed by atoms with E-state index in [2.05, 4.69) is 0 Å². The van der Waals surface area contributed by atoms with Crippen molar-refractivity contribution in [2.75, 3.05) is 6.66 Å². The highest BCUT2D eigenvalue weighted by Gasteiger charge is 2.40. The van der Waals surface area contributed by atoms with Gasteiger partial charge in [-0.2, -0.15) is 0 Å². The van der Waals surface area contributed by atoms with Gasteiger partial charge in [-0.1, -0.05) is 18.2 Å². The Balaban J connectivity index is 2.24. The van der Waals surface area contributed by atoms with Gasteiger partial charge in [-0.25, -0.2) is 4.67 Å². The Bertz CT molecular complexity index is 558. The molecule has 0 radical (unpaired) electrons. The third-order valence-corrected chi connectivity index (χ3v) is 5.14. The molecule has 5 nitrogen and oxygen atoms in total. The number of fused-ring (bicyclic) bond motifs is 1. The number of carbonyl (C=O) groups excluding carboxylic acids is 1. The smallest absolute Gasteiger partial charge is 0.323 e. The Hall–Kier alpha value is -1.32. The second-order valence-corrected chi connectivity index (χ2v) is 7.56. The molecular formula is C14H20NO4P. The molecule has 1 heterocycles. The van der Waals surface area contributed by atoms with Gasteiger partial charge in [0.2, 0.25) is 0 Å². The number of esters is 1. The Morgan fingerprint density at radius 1 is 1.35 bits per heavy atom. The first-order valence-electron chi connectivity index (χ1n) is 6.64. The molecule has 6 heteroatoms. The van der Waals surface area contributed by atoms with Crippen molar-refractivity contribution in [3.8, 4) is 5.75 Å². The van der Waals surface area contributed by atoms with Crippen molar-refractivity contribution >= 4 is 13.5 Å². The third-order valence-electron chi connectivity index (χ3n) is 3.18. The average Bonchev–Trinajstić information content (AvgIpc) is 2.35. The van der Waals surface area contributed by atoms with Crippen LogP contribution in [0.1, 0.15) is 26.3 Å². The summed E-state index contributed by atoms with van der Waals surface area (Å²) < 4.78 is 25.0. The lowest BCUT2D eigenvalue weighted by Crippen LogP contribution is -2.40.